The lowest BCUT2D eigenvalue weighted by Gasteiger charge is -2.61. The molecule has 0 heterocycles. The third-order valence-corrected chi connectivity index (χ3v) is 11.8. The first-order chi connectivity index (χ1) is 16.9. The van der Waals surface area contributed by atoms with E-state index in [1.807, 2.05) is 0 Å². The number of ether oxygens (including phenoxy) is 1. The molecule has 5 heteroatoms. The fourth-order valence-corrected chi connectivity index (χ4v) is 9.05. The van der Waals surface area contributed by atoms with E-state index in [0.717, 1.165) is 25.7 Å². The van der Waals surface area contributed by atoms with Crippen molar-refractivity contribution < 1.29 is 24.9 Å². The molecule has 2 fully saturated rings. The minimum atomic E-state index is -1.02. The van der Waals surface area contributed by atoms with Gasteiger partial charge < -0.3 is 20.1 Å². The Bertz CT molecular complexity index is 1010. The third kappa shape index (κ3) is 4.10. The number of aliphatic hydroxyl groups is 3. The molecule has 0 aromatic rings. The van der Waals surface area contributed by atoms with Crippen LogP contribution in [0.25, 0.3) is 0 Å². The van der Waals surface area contributed by atoms with Crippen LogP contribution in [0.4, 0.5) is 0 Å². The van der Waals surface area contributed by atoms with Crippen molar-refractivity contribution in [1.29, 1.82) is 0 Å². The summed E-state index contributed by atoms with van der Waals surface area (Å²) in [5, 5.41) is 32.9. The Labute approximate surface area is 224 Å². The highest BCUT2D eigenvalue weighted by atomic mass is 16.5. The summed E-state index contributed by atoms with van der Waals surface area (Å²) >= 11 is 0. The number of methoxy groups -OCH3 is 1. The molecule has 37 heavy (non-hydrogen) atoms. The smallest absolute Gasteiger partial charge is 0.309 e. The van der Waals surface area contributed by atoms with Crippen LogP contribution in [0.3, 0.4) is 0 Å². The van der Waals surface area contributed by atoms with Crippen LogP contribution in [0.1, 0.15) is 93.4 Å². The summed E-state index contributed by atoms with van der Waals surface area (Å²) in [5.41, 5.74) is 1.67. The molecule has 0 aromatic carbocycles. The zero-order chi connectivity index (χ0) is 27.8. The van der Waals surface area contributed by atoms with Crippen LogP contribution in [0.2, 0.25) is 0 Å². The van der Waals surface area contributed by atoms with Gasteiger partial charge in [0.05, 0.1) is 30.8 Å². The molecule has 4 aliphatic rings. The lowest BCUT2D eigenvalue weighted by molar-refractivity contribution is -0.152. The standard InChI is InChI=1S/C32H50O5/c1-19(29(4,5)36)10-11-20(27(35)37-9)26-23(33)18-32(8)22-12-13-24-28(2,3)25(34)15-16-30(24,6)21(22)14-17-31(26,32)7/h12,14,20,23-26,33-34,36H,1,10-11,13,15-18H2,2-9H3/t20-,23-,24+,25-,26+,30-,31-,32+/m1/s1. The van der Waals surface area contributed by atoms with E-state index in [4.69, 9.17) is 4.74 Å². The van der Waals surface area contributed by atoms with Gasteiger partial charge in [-0.1, -0.05) is 53.3 Å². The van der Waals surface area contributed by atoms with Crippen LogP contribution in [-0.2, 0) is 9.53 Å². The molecule has 0 aliphatic heterocycles. The van der Waals surface area contributed by atoms with Gasteiger partial charge in [-0.05, 0) is 97.7 Å². The molecule has 0 unspecified atom stereocenters. The number of carbonyl (C=O) groups is 1. The predicted molar refractivity (Wildman–Crippen MR) is 147 cm³/mol. The number of hydrogen-bond acceptors (Lipinski definition) is 5. The van der Waals surface area contributed by atoms with E-state index in [9.17, 15) is 20.1 Å². The van der Waals surface area contributed by atoms with Gasteiger partial charge in [-0.2, -0.15) is 0 Å². The maximum atomic E-state index is 13.2. The second kappa shape index (κ2) is 9.06. The van der Waals surface area contributed by atoms with Gasteiger partial charge in [0.25, 0.3) is 0 Å². The molecule has 3 N–H and O–H groups in total. The highest BCUT2D eigenvalue weighted by molar-refractivity contribution is 5.73. The summed E-state index contributed by atoms with van der Waals surface area (Å²) < 4.78 is 5.28. The minimum Gasteiger partial charge on any atom is -0.469 e. The Kier molecular flexibility index (Phi) is 7.00. The predicted octanol–water partition coefficient (Wildman–Crippen LogP) is 5.74. The highest BCUT2D eigenvalue weighted by Gasteiger charge is 2.66. The maximum absolute atomic E-state index is 13.2. The maximum Gasteiger partial charge on any atom is 0.309 e. The number of esters is 1. The van der Waals surface area contributed by atoms with Crippen molar-refractivity contribution in [2.75, 3.05) is 7.11 Å². The van der Waals surface area contributed by atoms with E-state index in [-0.39, 0.29) is 39.7 Å². The number of rotatable bonds is 6. The minimum absolute atomic E-state index is 0.00755. The van der Waals surface area contributed by atoms with Crippen molar-refractivity contribution in [2.24, 2.45) is 39.4 Å². The van der Waals surface area contributed by atoms with Crippen molar-refractivity contribution in [2.45, 2.75) is 111 Å². The van der Waals surface area contributed by atoms with Crippen LogP contribution >= 0.6 is 0 Å². The number of allylic oxidation sites excluding steroid dienone is 4. The van der Waals surface area contributed by atoms with Gasteiger partial charge in [-0.25, -0.2) is 0 Å². The monoisotopic (exact) mass is 514 g/mol. The fraction of sp³-hybridized carbons (Fsp3) is 0.781. The van der Waals surface area contributed by atoms with Crippen LogP contribution in [0.5, 0.6) is 0 Å². The first kappa shape index (κ1) is 28.6. The normalized spacial score (nSPS) is 41.5. The Morgan fingerprint density at radius 3 is 2.41 bits per heavy atom. The van der Waals surface area contributed by atoms with Gasteiger partial charge in [0.15, 0.2) is 0 Å². The lowest BCUT2D eigenvalue weighted by atomic mass is 9.44. The molecule has 5 nitrogen and oxygen atoms in total. The fourth-order valence-electron chi connectivity index (χ4n) is 9.05. The van der Waals surface area contributed by atoms with Gasteiger partial charge >= 0.3 is 5.97 Å². The van der Waals surface area contributed by atoms with Gasteiger partial charge in [-0.15, -0.1) is 0 Å². The second-order valence-electron chi connectivity index (χ2n) is 14.4. The summed E-state index contributed by atoms with van der Waals surface area (Å²) in [5.74, 6) is -0.657. The van der Waals surface area contributed by atoms with E-state index in [1.54, 1.807) is 13.8 Å². The van der Waals surface area contributed by atoms with E-state index >= 15 is 0 Å². The molecule has 2 saturated carbocycles. The van der Waals surface area contributed by atoms with Gasteiger partial charge in [0, 0.05) is 11.3 Å². The SMILES string of the molecule is C=C(CC[C@@H](C(=O)OC)[C@H]1[C@H](O)C[C@@]2(C)C3=CC[C@H]4C(C)(C)[C@H](O)CC[C@]4(C)C3=CC[C@]12C)C(C)(C)O. The van der Waals surface area contributed by atoms with Gasteiger partial charge in [0.2, 0.25) is 0 Å². The molecule has 0 spiro atoms. The quantitative estimate of drug-likeness (QED) is 0.311. The van der Waals surface area contributed by atoms with Crippen LogP contribution in [0.15, 0.2) is 35.5 Å². The molecule has 8 atom stereocenters. The van der Waals surface area contributed by atoms with Crippen molar-refractivity contribution in [1.82, 2.24) is 0 Å². The zero-order valence-corrected chi connectivity index (χ0v) is 24.4. The largest absolute Gasteiger partial charge is 0.469 e. The molecule has 0 radical (unpaired) electrons. The third-order valence-electron chi connectivity index (χ3n) is 11.8. The Morgan fingerprint density at radius 2 is 1.81 bits per heavy atom. The average molecular weight is 515 g/mol. The van der Waals surface area contributed by atoms with Crippen molar-refractivity contribution in [3.05, 3.63) is 35.5 Å². The van der Waals surface area contributed by atoms with Gasteiger partial charge in [0.1, 0.15) is 0 Å². The molecule has 0 saturated heterocycles. The number of hydrogen-bond donors (Lipinski definition) is 3. The number of fused-ring (bicyclic) bond motifs is 5. The zero-order valence-electron chi connectivity index (χ0n) is 24.4. The molecular formula is C32H50O5. The van der Waals surface area contributed by atoms with Gasteiger partial charge in [-0.3, -0.25) is 4.79 Å². The Balaban J connectivity index is 1.73. The van der Waals surface area contributed by atoms with Crippen LogP contribution < -0.4 is 0 Å². The van der Waals surface area contributed by atoms with E-state index in [1.165, 1.54) is 18.3 Å². The van der Waals surface area contributed by atoms with E-state index in [0.29, 0.717) is 30.8 Å². The Morgan fingerprint density at radius 1 is 1.16 bits per heavy atom. The van der Waals surface area contributed by atoms with Crippen molar-refractivity contribution in [3.8, 4) is 0 Å². The van der Waals surface area contributed by atoms with Crippen LogP contribution in [-0.4, -0.2) is 46.2 Å². The molecule has 4 aliphatic carbocycles. The molecule has 208 valence electrons. The number of carbonyl (C=O) groups excluding carboxylic acids is 1. The van der Waals surface area contributed by atoms with Crippen molar-refractivity contribution in [3.63, 3.8) is 0 Å². The van der Waals surface area contributed by atoms with E-state index < -0.39 is 17.6 Å². The van der Waals surface area contributed by atoms with E-state index in [2.05, 4.69) is 53.3 Å². The second-order valence-corrected chi connectivity index (χ2v) is 14.4. The Hall–Kier alpha value is -1.43. The average Bonchev–Trinajstić information content (AvgIpc) is 3.01. The first-order valence-corrected chi connectivity index (χ1v) is 14.2. The molecule has 0 amide bonds. The summed E-state index contributed by atoms with van der Waals surface area (Å²) in [6, 6.07) is 0. The first-order valence-electron chi connectivity index (χ1n) is 14.2. The molecule has 4 rings (SSSR count). The van der Waals surface area contributed by atoms with Crippen molar-refractivity contribution >= 4 is 5.97 Å². The molecular weight excluding hydrogens is 464 g/mol. The number of aliphatic hydroxyl groups excluding tert-OH is 2. The summed E-state index contributed by atoms with van der Waals surface area (Å²) in [4.78, 5) is 13.2. The van der Waals surface area contributed by atoms with Crippen LogP contribution in [0, 0.1) is 39.4 Å². The molecule has 0 aromatic heterocycles. The molecule has 0 bridgehead atoms. The summed E-state index contributed by atoms with van der Waals surface area (Å²) in [7, 11) is 1.42. The lowest BCUT2D eigenvalue weighted by Crippen LogP contribution is -2.54. The summed E-state index contributed by atoms with van der Waals surface area (Å²) in [6.45, 7) is 18.9. The highest BCUT2D eigenvalue weighted by Crippen LogP contribution is 2.71. The topological polar surface area (TPSA) is 87.0 Å². The summed E-state index contributed by atoms with van der Waals surface area (Å²) in [6.07, 6.45) is 8.98.